The van der Waals surface area contributed by atoms with Crippen LogP contribution < -0.4 is 5.32 Å². The highest BCUT2D eigenvalue weighted by molar-refractivity contribution is 5.89. The molecule has 7 nitrogen and oxygen atoms in total. The summed E-state index contributed by atoms with van der Waals surface area (Å²) in [5.41, 5.74) is 2.51. The van der Waals surface area contributed by atoms with Crippen LogP contribution in [0.3, 0.4) is 0 Å². The molecular formula is C21H27FN4O3. The molecule has 1 aromatic heterocycles. The van der Waals surface area contributed by atoms with E-state index in [-0.39, 0.29) is 23.7 Å². The van der Waals surface area contributed by atoms with Crippen LogP contribution in [0.25, 0.3) is 0 Å². The highest BCUT2D eigenvalue weighted by atomic mass is 19.1. The molecule has 0 saturated carbocycles. The topological polar surface area (TPSA) is 70.8 Å². The highest BCUT2D eigenvalue weighted by Crippen LogP contribution is 2.22. The number of carbonyl (C=O) groups is 1. The van der Waals surface area contributed by atoms with Crippen molar-refractivity contribution in [2.24, 2.45) is 0 Å². The first-order valence-electron chi connectivity index (χ1n) is 10.0. The van der Waals surface area contributed by atoms with Crippen LogP contribution in [-0.2, 0) is 24.2 Å². The second-order valence-corrected chi connectivity index (χ2v) is 7.90. The number of oxazole rings is 1. The minimum absolute atomic E-state index is 0.0167. The minimum Gasteiger partial charge on any atom is -0.437 e. The van der Waals surface area contributed by atoms with E-state index in [1.54, 1.807) is 6.92 Å². The van der Waals surface area contributed by atoms with Crippen LogP contribution in [0.15, 0.2) is 22.6 Å². The van der Waals surface area contributed by atoms with Gasteiger partial charge in [0.1, 0.15) is 11.6 Å². The fraction of sp³-hybridized carbons (Fsp3) is 0.524. The van der Waals surface area contributed by atoms with E-state index in [1.807, 2.05) is 19.2 Å². The zero-order valence-corrected chi connectivity index (χ0v) is 16.9. The number of rotatable bonds is 5. The number of aryl methyl sites for hydroxylation is 1. The lowest BCUT2D eigenvalue weighted by Crippen LogP contribution is -2.45. The predicted molar refractivity (Wildman–Crippen MR) is 105 cm³/mol. The number of hydrogen-bond donors (Lipinski definition) is 1. The van der Waals surface area contributed by atoms with Gasteiger partial charge < -0.3 is 19.4 Å². The second kappa shape index (κ2) is 8.61. The summed E-state index contributed by atoms with van der Waals surface area (Å²) in [6, 6.07) is 5.19. The largest absolute Gasteiger partial charge is 0.437 e. The molecular weight excluding hydrogens is 375 g/mol. The average Bonchev–Trinajstić information content (AvgIpc) is 3.12. The lowest BCUT2D eigenvalue weighted by molar-refractivity contribution is -0.0176. The Bertz CT molecular complexity index is 885. The highest BCUT2D eigenvalue weighted by Gasteiger charge is 2.26. The fourth-order valence-corrected chi connectivity index (χ4v) is 3.82. The Labute approximate surface area is 169 Å². The number of hydrogen-bond acceptors (Lipinski definition) is 6. The average molecular weight is 402 g/mol. The number of amides is 1. The van der Waals surface area contributed by atoms with E-state index < -0.39 is 0 Å². The number of benzene rings is 1. The third-order valence-electron chi connectivity index (χ3n) is 5.46. The molecule has 0 radical (unpaired) electrons. The van der Waals surface area contributed by atoms with Gasteiger partial charge in [0.2, 0.25) is 0 Å². The van der Waals surface area contributed by atoms with Crippen molar-refractivity contribution in [3.63, 3.8) is 0 Å². The molecule has 0 spiro atoms. The van der Waals surface area contributed by atoms with E-state index in [0.29, 0.717) is 38.2 Å². The molecule has 0 unspecified atom stereocenters. The molecule has 1 N–H and O–H groups in total. The smallest absolute Gasteiger partial charge is 0.307 e. The summed E-state index contributed by atoms with van der Waals surface area (Å²) in [5, 5.41) is 2.86. The van der Waals surface area contributed by atoms with Crippen molar-refractivity contribution in [3.05, 3.63) is 52.5 Å². The van der Waals surface area contributed by atoms with Crippen LogP contribution in [0.5, 0.6) is 0 Å². The maximum Gasteiger partial charge on any atom is 0.307 e. The van der Waals surface area contributed by atoms with Crippen molar-refractivity contribution in [2.75, 3.05) is 39.8 Å². The molecule has 8 heteroatoms. The van der Waals surface area contributed by atoms with Gasteiger partial charge in [-0.05, 0) is 31.2 Å². The van der Waals surface area contributed by atoms with Crippen LogP contribution >= 0.6 is 0 Å². The van der Waals surface area contributed by atoms with Crippen LogP contribution in [0.2, 0.25) is 0 Å². The summed E-state index contributed by atoms with van der Waals surface area (Å²) < 4.78 is 24.8. The van der Waals surface area contributed by atoms with E-state index in [2.05, 4.69) is 20.1 Å². The Morgan fingerprint density at radius 3 is 3.03 bits per heavy atom. The Morgan fingerprint density at radius 2 is 2.24 bits per heavy atom. The van der Waals surface area contributed by atoms with E-state index in [9.17, 15) is 9.18 Å². The van der Waals surface area contributed by atoms with Crippen molar-refractivity contribution < 1.29 is 18.3 Å². The lowest BCUT2D eigenvalue weighted by atomic mass is 10.1. The Balaban J connectivity index is 1.34. The number of carbonyl (C=O) groups excluding carboxylic acids is 1. The van der Waals surface area contributed by atoms with Crippen molar-refractivity contribution in [1.82, 2.24) is 20.1 Å². The molecule has 1 atom stereocenters. The first-order valence-corrected chi connectivity index (χ1v) is 10.0. The number of fused-ring (bicyclic) bond motifs is 1. The summed E-state index contributed by atoms with van der Waals surface area (Å²) in [7, 11) is 2.04. The SMILES string of the molecule is Cc1cc(CN2CCc3oc(C(=O)NC[C@H]4CN(C)CCO4)nc3C2)ccc1F. The molecule has 1 saturated heterocycles. The number of ether oxygens (including phenoxy) is 1. The van der Waals surface area contributed by atoms with Crippen LogP contribution in [0.4, 0.5) is 4.39 Å². The monoisotopic (exact) mass is 402 g/mol. The molecule has 1 amide bonds. The number of nitrogens with one attached hydrogen (secondary N) is 1. The Hall–Kier alpha value is -2.29. The molecule has 4 rings (SSSR count). The quantitative estimate of drug-likeness (QED) is 0.822. The van der Waals surface area contributed by atoms with Crippen LogP contribution in [0, 0.1) is 12.7 Å². The maximum absolute atomic E-state index is 13.5. The van der Waals surface area contributed by atoms with Crippen molar-refractivity contribution in [2.45, 2.75) is 32.5 Å². The first-order chi connectivity index (χ1) is 14.0. The zero-order valence-electron chi connectivity index (χ0n) is 16.9. The van der Waals surface area contributed by atoms with Gasteiger partial charge in [-0.2, -0.15) is 0 Å². The zero-order chi connectivity index (χ0) is 20.4. The standard InChI is InChI=1S/C21H27FN4O3/c1-14-9-15(3-4-17(14)22)11-26-6-5-19-18(13-26)24-21(29-19)20(27)23-10-16-12-25(2)7-8-28-16/h3-4,9,16H,5-8,10-13H2,1-2H3,(H,23,27)/t16-/m0/s1. The van der Waals surface area contributed by atoms with Gasteiger partial charge in [-0.3, -0.25) is 9.69 Å². The van der Waals surface area contributed by atoms with Gasteiger partial charge in [-0.15, -0.1) is 0 Å². The molecule has 1 fully saturated rings. The molecule has 1 aromatic carbocycles. The molecule has 2 aromatic rings. The number of likely N-dealkylation sites (N-methyl/N-ethyl adjacent to an activating group) is 1. The Kier molecular flexibility index (Phi) is 5.94. The van der Waals surface area contributed by atoms with Gasteiger partial charge in [0.05, 0.1) is 18.4 Å². The van der Waals surface area contributed by atoms with Crippen LogP contribution in [-0.4, -0.2) is 66.6 Å². The summed E-state index contributed by atoms with van der Waals surface area (Å²) in [4.78, 5) is 21.3. The normalized spacial score (nSPS) is 20.4. The number of nitrogens with zero attached hydrogens (tertiary/aromatic N) is 3. The van der Waals surface area contributed by atoms with Crippen molar-refractivity contribution >= 4 is 5.91 Å². The molecule has 156 valence electrons. The number of morpholine rings is 1. The van der Waals surface area contributed by atoms with Crippen LogP contribution in [0.1, 0.15) is 33.3 Å². The van der Waals surface area contributed by atoms with Gasteiger partial charge in [0.25, 0.3) is 5.89 Å². The van der Waals surface area contributed by atoms with Gasteiger partial charge in [-0.1, -0.05) is 12.1 Å². The molecule has 2 aliphatic heterocycles. The maximum atomic E-state index is 13.5. The van der Waals surface area contributed by atoms with Crippen molar-refractivity contribution in [3.8, 4) is 0 Å². The third-order valence-corrected chi connectivity index (χ3v) is 5.46. The fourth-order valence-electron chi connectivity index (χ4n) is 3.82. The van der Waals surface area contributed by atoms with E-state index in [1.165, 1.54) is 6.07 Å². The van der Waals surface area contributed by atoms with Gasteiger partial charge in [-0.25, -0.2) is 9.37 Å². The number of aromatic nitrogens is 1. The molecule has 29 heavy (non-hydrogen) atoms. The summed E-state index contributed by atoms with van der Waals surface area (Å²) in [6.07, 6.45) is 0.684. The van der Waals surface area contributed by atoms with E-state index in [0.717, 1.165) is 36.7 Å². The molecule has 3 heterocycles. The molecule has 0 aliphatic carbocycles. The third kappa shape index (κ3) is 4.83. The van der Waals surface area contributed by atoms with Gasteiger partial charge in [0, 0.05) is 45.7 Å². The van der Waals surface area contributed by atoms with Gasteiger partial charge >= 0.3 is 5.91 Å². The Morgan fingerprint density at radius 1 is 1.38 bits per heavy atom. The summed E-state index contributed by atoms with van der Waals surface area (Å²) in [5.74, 6) is 0.387. The lowest BCUT2D eigenvalue weighted by Gasteiger charge is -2.29. The molecule has 2 aliphatic rings. The van der Waals surface area contributed by atoms with E-state index in [4.69, 9.17) is 9.15 Å². The predicted octanol–water partition coefficient (Wildman–Crippen LogP) is 1.74. The van der Waals surface area contributed by atoms with Gasteiger partial charge in [0.15, 0.2) is 0 Å². The summed E-state index contributed by atoms with van der Waals surface area (Å²) >= 11 is 0. The van der Waals surface area contributed by atoms with E-state index >= 15 is 0 Å². The summed E-state index contributed by atoms with van der Waals surface area (Å²) in [6.45, 7) is 6.71. The second-order valence-electron chi connectivity index (χ2n) is 7.90. The number of halogens is 1. The minimum atomic E-state index is -0.308. The molecule has 0 bridgehead atoms. The van der Waals surface area contributed by atoms with Crippen molar-refractivity contribution in [1.29, 1.82) is 0 Å². The first kappa shape index (κ1) is 20.0.